The van der Waals surface area contributed by atoms with Crippen molar-refractivity contribution in [2.24, 2.45) is 0 Å². The number of hydrogen-bond donors (Lipinski definition) is 0. The zero-order valence-corrected chi connectivity index (χ0v) is 13.9. The van der Waals surface area contributed by atoms with Crippen LogP contribution in [0.3, 0.4) is 0 Å². The molecule has 0 amide bonds. The van der Waals surface area contributed by atoms with Crippen LogP contribution < -0.4 is 4.74 Å². The number of hydrogen-bond acceptors (Lipinski definition) is 2. The molecule has 0 aliphatic rings. The van der Waals surface area contributed by atoms with E-state index in [0.717, 1.165) is 28.9 Å². The molecule has 0 radical (unpaired) electrons. The first kappa shape index (κ1) is 14.7. The van der Waals surface area contributed by atoms with Gasteiger partial charge in [0.15, 0.2) is 0 Å². The average Bonchev–Trinajstić information content (AvgIpc) is 2.67. The van der Waals surface area contributed by atoms with Gasteiger partial charge in [-0.05, 0) is 47.7 Å². The van der Waals surface area contributed by atoms with Crippen molar-refractivity contribution >= 4 is 21.7 Å². The summed E-state index contributed by atoms with van der Waals surface area (Å²) >= 11 is 0. The lowest BCUT2D eigenvalue weighted by molar-refractivity contribution is 0.415. The molecule has 0 fully saturated rings. The third-order valence-corrected chi connectivity index (χ3v) is 4.56. The van der Waals surface area contributed by atoms with Crippen molar-refractivity contribution < 1.29 is 4.74 Å². The van der Waals surface area contributed by atoms with Crippen LogP contribution in [0.25, 0.3) is 32.9 Å². The molecule has 0 saturated carbocycles. The second-order valence-corrected chi connectivity index (χ2v) is 5.93. The van der Waals surface area contributed by atoms with Crippen molar-refractivity contribution in [3.8, 4) is 17.0 Å². The summed E-state index contributed by atoms with van der Waals surface area (Å²) in [6.07, 6.45) is 0.987. The van der Waals surface area contributed by atoms with Gasteiger partial charge in [-0.2, -0.15) is 0 Å². The molecule has 0 spiro atoms. The van der Waals surface area contributed by atoms with Gasteiger partial charge in [-0.1, -0.05) is 43.3 Å². The van der Waals surface area contributed by atoms with Crippen molar-refractivity contribution in [2.45, 2.75) is 13.3 Å². The summed E-state index contributed by atoms with van der Waals surface area (Å²) in [6, 6.07) is 23.1. The molecule has 1 aromatic heterocycles. The Bertz CT molecular complexity index is 1020. The standard InChI is InChI=1S/C22H19NO/c1-3-15-14-21(17-8-11-18(24-2)12-9-17)23-22-19-7-5-4-6-16(19)10-13-20(15)22/h4-14H,3H2,1-2H3. The summed E-state index contributed by atoms with van der Waals surface area (Å²) in [4.78, 5) is 5.00. The van der Waals surface area contributed by atoms with E-state index in [9.17, 15) is 0 Å². The Morgan fingerprint density at radius 2 is 1.67 bits per heavy atom. The quantitative estimate of drug-likeness (QED) is 0.458. The van der Waals surface area contributed by atoms with E-state index in [-0.39, 0.29) is 0 Å². The number of fused-ring (bicyclic) bond motifs is 3. The minimum atomic E-state index is 0.862. The van der Waals surface area contributed by atoms with Gasteiger partial charge in [-0.3, -0.25) is 0 Å². The molecule has 4 aromatic rings. The molecule has 0 bridgehead atoms. The highest BCUT2D eigenvalue weighted by Crippen LogP contribution is 2.30. The Kier molecular flexibility index (Phi) is 3.66. The molecule has 0 aliphatic heterocycles. The Hall–Kier alpha value is -2.87. The third-order valence-electron chi connectivity index (χ3n) is 4.56. The molecule has 2 heteroatoms. The van der Waals surface area contributed by atoms with Gasteiger partial charge in [0.2, 0.25) is 0 Å². The maximum absolute atomic E-state index is 5.26. The number of ether oxygens (including phenoxy) is 1. The van der Waals surface area contributed by atoms with Gasteiger partial charge >= 0.3 is 0 Å². The number of aromatic nitrogens is 1. The van der Waals surface area contributed by atoms with Crippen molar-refractivity contribution in [1.82, 2.24) is 4.98 Å². The SMILES string of the molecule is CCc1cc(-c2ccc(OC)cc2)nc2c1ccc1ccccc12. The van der Waals surface area contributed by atoms with Crippen LogP contribution in [0.5, 0.6) is 5.75 Å². The van der Waals surface area contributed by atoms with Gasteiger partial charge in [-0.15, -0.1) is 0 Å². The van der Waals surface area contributed by atoms with E-state index in [0.29, 0.717) is 0 Å². The molecule has 24 heavy (non-hydrogen) atoms. The largest absolute Gasteiger partial charge is 0.497 e. The van der Waals surface area contributed by atoms with Crippen LogP contribution in [-0.4, -0.2) is 12.1 Å². The van der Waals surface area contributed by atoms with Crippen LogP contribution in [0.2, 0.25) is 0 Å². The number of methoxy groups -OCH3 is 1. The number of nitrogens with zero attached hydrogens (tertiary/aromatic N) is 1. The van der Waals surface area contributed by atoms with Crippen LogP contribution in [-0.2, 0) is 6.42 Å². The number of pyridine rings is 1. The predicted octanol–water partition coefficient (Wildman–Crippen LogP) is 5.63. The summed E-state index contributed by atoms with van der Waals surface area (Å²) in [5.41, 5.74) is 4.54. The van der Waals surface area contributed by atoms with Gasteiger partial charge in [0, 0.05) is 16.3 Å². The van der Waals surface area contributed by atoms with Crippen LogP contribution in [0.15, 0.2) is 66.7 Å². The smallest absolute Gasteiger partial charge is 0.118 e. The normalized spacial score (nSPS) is 11.1. The molecule has 0 saturated heterocycles. The molecule has 2 nitrogen and oxygen atoms in total. The van der Waals surface area contributed by atoms with Crippen molar-refractivity contribution in [3.05, 3.63) is 72.3 Å². The van der Waals surface area contributed by atoms with Gasteiger partial charge in [0.1, 0.15) is 5.75 Å². The Morgan fingerprint density at radius 1 is 0.875 bits per heavy atom. The zero-order valence-electron chi connectivity index (χ0n) is 13.9. The van der Waals surface area contributed by atoms with E-state index in [4.69, 9.17) is 9.72 Å². The van der Waals surface area contributed by atoms with E-state index in [1.807, 2.05) is 12.1 Å². The molecule has 1 heterocycles. The number of rotatable bonds is 3. The Balaban J connectivity index is 2.00. The molecular formula is C22H19NO. The lowest BCUT2D eigenvalue weighted by Gasteiger charge is -2.11. The topological polar surface area (TPSA) is 22.1 Å². The lowest BCUT2D eigenvalue weighted by Crippen LogP contribution is -1.93. The third kappa shape index (κ3) is 2.41. The molecule has 3 aromatic carbocycles. The summed E-state index contributed by atoms with van der Waals surface area (Å²) in [5.74, 6) is 0.862. The van der Waals surface area contributed by atoms with Gasteiger partial charge in [-0.25, -0.2) is 4.98 Å². The fourth-order valence-corrected chi connectivity index (χ4v) is 3.23. The van der Waals surface area contributed by atoms with Crippen molar-refractivity contribution in [1.29, 1.82) is 0 Å². The second-order valence-electron chi connectivity index (χ2n) is 5.93. The fraction of sp³-hybridized carbons (Fsp3) is 0.136. The van der Waals surface area contributed by atoms with Gasteiger partial charge in [0.05, 0.1) is 18.3 Å². The first-order valence-electron chi connectivity index (χ1n) is 8.26. The monoisotopic (exact) mass is 313 g/mol. The number of aryl methyl sites for hydroxylation is 1. The first-order valence-corrected chi connectivity index (χ1v) is 8.26. The molecule has 0 N–H and O–H groups in total. The molecule has 118 valence electrons. The molecule has 0 aliphatic carbocycles. The highest BCUT2D eigenvalue weighted by Gasteiger charge is 2.09. The Morgan fingerprint density at radius 3 is 2.42 bits per heavy atom. The lowest BCUT2D eigenvalue weighted by atomic mass is 9.99. The highest BCUT2D eigenvalue weighted by molar-refractivity contribution is 6.06. The second kappa shape index (κ2) is 5.97. The van der Waals surface area contributed by atoms with E-state index < -0.39 is 0 Å². The maximum atomic E-state index is 5.26. The van der Waals surface area contributed by atoms with Crippen LogP contribution >= 0.6 is 0 Å². The van der Waals surface area contributed by atoms with E-state index >= 15 is 0 Å². The number of benzene rings is 3. The Labute approximate surface area is 141 Å². The minimum Gasteiger partial charge on any atom is -0.497 e. The summed E-state index contributed by atoms with van der Waals surface area (Å²) in [6.45, 7) is 2.20. The van der Waals surface area contributed by atoms with Crippen molar-refractivity contribution in [2.75, 3.05) is 7.11 Å². The van der Waals surface area contributed by atoms with E-state index in [1.165, 1.54) is 21.7 Å². The van der Waals surface area contributed by atoms with Crippen molar-refractivity contribution in [3.63, 3.8) is 0 Å². The van der Waals surface area contributed by atoms with Crippen LogP contribution in [0.4, 0.5) is 0 Å². The predicted molar refractivity (Wildman–Crippen MR) is 101 cm³/mol. The molecule has 0 atom stereocenters. The zero-order chi connectivity index (χ0) is 16.5. The molecule has 4 rings (SSSR count). The summed E-state index contributed by atoms with van der Waals surface area (Å²) in [5, 5.41) is 3.68. The summed E-state index contributed by atoms with van der Waals surface area (Å²) in [7, 11) is 1.69. The maximum Gasteiger partial charge on any atom is 0.118 e. The van der Waals surface area contributed by atoms with Crippen LogP contribution in [0, 0.1) is 0 Å². The minimum absolute atomic E-state index is 0.862. The molecular weight excluding hydrogens is 294 g/mol. The van der Waals surface area contributed by atoms with Crippen LogP contribution in [0.1, 0.15) is 12.5 Å². The average molecular weight is 313 g/mol. The fourth-order valence-electron chi connectivity index (χ4n) is 3.23. The van der Waals surface area contributed by atoms with E-state index in [2.05, 4.69) is 61.5 Å². The first-order chi connectivity index (χ1) is 11.8. The molecule has 0 unspecified atom stereocenters. The highest BCUT2D eigenvalue weighted by atomic mass is 16.5. The van der Waals surface area contributed by atoms with Gasteiger partial charge < -0.3 is 4.74 Å². The summed E-state index contributed by atoms with van der Waals surface area (Å²) < 4.78 is 5.26. The van der Waals surface area contributed by atoms with Gasteiger partial charge in [0.25, 0.3) is 0 Å². The van der Waals surface area contributed by atoms with E-state index in [1.54, 1.807) is 7.11 Å².